The molecule has 0 heterocycles. The maximum Gasteiger partial charge on any atom is 0.0630 e. The van der Waals surface area contributed by atoms with Gasteiger partial charge in [-0.3, -0.25) is 4.90 Å². The summed E-state index contributed by atoms with van der Waals surface area (Å²) >= 11 is 0. The molecule has 1 aliphatic rings. The fourth-order valence-electron chi connectivity index (χ4n) is 2.22. The Morgan fingerprint density at radius 2 is 2.06 bits per heavy atom. The molecule has 96 valence electrons. The van der Waals surface area contributed by atoms with Crippen LogP contribution in [-0.4, -0.2) is 49.8 Å². The van der Waals surface area contributed by atoms with E-state index in [1.807, 2.05) is 0 Å². The minimum absolute atomic E-state index is 0.519. The average molecular weight is 228 g/mol. The second-order valence-electron chi connectivity index (χ2n) is 4.88. The van der Waals surface area contributed by atoms with E-state index >= 15 is 0 Å². The van der Waals surface area contributed by atoms with Crippen molar-refractivity contribution in [3.63, 3.8) is 0 Å². The fourth-order valence-corrected chi connectivity index (χ4v) is 2.22. The lowest BCUT2D eigenvalue weighted by Gasteiger charge is -2.35. The lowest BCUT2D eigenvalue weighted by Crippen LogP contribution is -2.49. The molecule has 1 fully saturated rings. The molecular weight excluding hydrogens is 200 g/mol. The molecule has 0 saturated heterocycles. The summed E-state index contributed by atoms with van der Waals surface area (Å²) in [4.78, 5) is 2.55. The molecule has 0 aromatic rings. The maximum atomic E-state index is 5.35. The number of ether oxygens (including phenoxy) is 1. The molecule has 16 heavy (non-hydrogen) atoms. The van der Waals surface area contributed by atoms with Gasteiger partial charge < -0.3 is 10.1 Å². The number of hydrogen-bond acceptors (Lipinski definition) is 3. The van der Waals surface area contributed by atoms with Gasteiger partial charge in [0.2, 0.25) is 0 Å². The van der Waals surface area contributed by atoms with Gasteiger partial charge in [0.1, 0.15) is 0 Å². The first kappa shape index (κ1) is 13.9. The van der Waals surface area contributed by atoms with Gasteiger partial charge in [0, 0.05) is 31.8 Å². The SMILES string of the molecule is CCC(C)N(CC)C(CNC1CC1)COC. The van der Waals surface area contributed by atoms with E-state index in [9.17, 15) is 0 Å². The molecule has 0 spiro atoms. The topological polar surface area (TPSA) is 24.5 Å². The smallest absolute Gasteiger partial charge is 0.0630 e. The minimum atomic E-state index is 0.519. The molecule has 0 amide bonds. The van der Waals surface area contributed by atoms with Gasteiger partial charge in [-0.15, -0.1) is 0 Å². The van der Waals surface area contributed by atoms with Crippen molar-refractivity contribution in [1.29, 1.82) is 0 Å². The van der Waals surface area contributed by atoms with Crippen molar-refractivity contribution in [3.8, 4) is 0 Å². The molecule has 0 aromatic carbocycles. The summed E-state index contributed by atoms with van der Waals surface area (Å²) in [6, 6.07) is 1.95. The highest BCUT2D eigenvalue weighted by Gasteiger charge is 2.25. The Morgan fingerprint density at radius 3 is 2.50 bits per heavy atom. The lowest BCUT2D eigenvalue weighted by molar-refractivity contribution is 0.0671. The van der Waals surface area contributed by atoms with Gasteiger partial charge in [-0.25, -0.2) is 0 Å². The number of methoxy groups -OCH3 is 1. The van der Waals surface area contributed by atoms with Crippen molar-refractivity contribution in [2.75, 3.05) is 26.8 Å². The van der Waals surface area contributed by atoms with Crippen LogP contribution in [-0.2, 0) is 4.74 Å². The number of likely N-dealkylation sites (N-methyl/N-ethyl adjacent to an activating group) is 1. The highest BCUT2D eigenvalue weighted by atomic mass is 16.5. The average Bonchev–Trinajstić information content (AvgIpc) is 3.10. The van der Waals surface area contributed by atoms with Gasteiger partial charge in [0.25, 0.3) is 0 Å². The number of nitrogens with one attached hydrogen (secondary N) is 1. The van der Waals surface area contributed by atoms with Crippen molar-refractivity contribution in [1.82, 2.24) is 10.2 Å². The molecule has 0 aromatic heterocycles. The van der Waals surface area contributed by atoms with Crippen LogP contribution in [0.3, 0.4) is 0 Å². The van der Waals surface area contributed by atoms with Crippen LogP contribution in [0.1, 0.15) is 40.0 Å². The van der Waals surface area contributed by atoms with Gasteiger partial charge in [-0.1, -0.05) is 13.8 Å². The van der Waals surface area contributed by atoms with Crippen LogP contribution in [0, 0.1) is 0 Å². The van der Waals surface area contributed by atoms with Crippen molar-refractivity contribution < 1.29 is 4.74 Å². The summed E-state index contributed by atoms with van der Waals surface area (Å²) < 4.78 is 5.35. The van der Waals surface area contributed by atoms with Crippen molar-refractivity contribution in [3.05, 3.63) is 0 Å². The zero-order valence-electron chi connectivity index (χ0n) is 11.3. The molecule has 1 saturated carbocycles. The number of nitrogens with zero attached hydrogens (tertiary/aromatic N) is 1. The molecule has 1 aliphatic carbocycles. The van der Waals surface area contributed by atoms with E-state index in [-0.39, 0.29) is 0 Å². The first-order valence-electron chi connectivity index (χ1n) is 6.70. The summed E-state index contributed by atoms with van der Waals surface area (Å²) in [5.74, 6) is 0. The quantitative estimate of drug-likeness (QED) is 0.652. The zero-order valence-corrected chi connectivity index (χ0v) is 11.3. The predicted octanol–water partition coefficient (Wildman–Crippen LogP) is 1.87. The molecular formula is C13H28N2O. The molecule has 3 nitrogen and oxygen atoms in total. The van der Waals surface area contributed by atoms with E-state index < -0.39 is 0 Å². The van der Waals surface area contributed by atoms with E-state index in [1.54, 1.807) is 7.11 Å². The first-order valence-corrected chi connectivity index (χ1v) is 6.70. The van der Waals surface area contributed by atoms with Crippen molar-refractivity contribution >= 4 is 0 Å². The molecule has 2 atom stereocenters. The highest BCUT2D eigenvalue weighted by molar-refractivity contribution is 4.85. The van der Waals surface area contributed by atoms with Crippen LogP contribution < -0.4 is 5.32 Å². The molecule has 0 radical (unpaired) electrons. The molecule has 3 heteroatoms. The predicted molar refractivity (Wildman–Crippen MR) is 68.8 cm³/mol. The third-order valence-corrected chi connectivity index (χ3v) is 3.57. The monoisotopic (exact) mass is 228 g/mol. The third kappa shape index (κ3) is 4.40. The van der Waals surface area contributed by atoms with Gasteiger partial charge in [-0.2, -0.15) is 0 Å². The second kappa shape index (κ2) is 7.25. The second-order valence-corrected chi connectivity index (χ2v) is 4.88. The van der Waals surface area contributed by atoms with E-state index in [4.69, 9.17) is 4.74 Å². The Balaban J connectivity index is 2.42. The summed E-state index contributed by atoms with van der Waals surface area (Å²) in [5.41, 5.74) is 0. The minimum Gasteiger partial charge on any atom is -0.383 e. The van der Waals surface area contributed by atoms with E-state index in [0.29, 0.717) is 12.1 Å². The lowest BCUT2D eigenvalue weighted by atomic mass is 10.1. The largest absolute Gasteiger partial charge is 0.383 e. The Bertz CT molecular complexity index is 183. The number of hydrogen-bond donors (Lipinski definition) is 1. The summed E-state index contributed by atoms with van der Waals surface area (Å²) in [6.07, 6.45) is 3.92. The molecule has 0 bridgehead atoms. The van der Waals surface area contributed by atoms with Crippen LogP contribution in [0.2, 0.25) is 0 Å². The standard InChI is InChI=1S/C13H28N2O/c1-5-11(3)15(6-2)13(10-16-4)9-14-12-7-8-12/h11-14H,5-10H2,1-4H3. The van der Waals surface area contributed by atoms with E-state index in [1.165, 1.54) is 19.3 Å². The van der Waals surface area contributed by atoms with Crippen LogP contribution in [0.4, 0.5) is 0 Å². The maximum absolute atomic E-state index is 5.35. The third-order valence-electron chi connectivity index (χ3n) is 3.57. The van der Waals surface area contributed by atoms with Crippen LogP contribution in [0.25, 0.3) is 0 Å². The first-order chi connectivity index (χ1) is 7.72. The van der Waals surface area contributed by atoms with Crippen LogP contribution in [0.5, 0.6) is 0 Å². The zero-order chi connectivity index (χ0) is 12.0. The molecule has 1 N–H and O–H groups in total. The fraction of sp³-hybridized carbons (Fsp3) is 1.00. The highest BCUT2D eigenvalue weighted by Crippen LogP contribution is 2.19. The Labute approximate surface area is 101 Å². The summed E-state index contributed by atoms with van der Waals surface area (Å²) in [5, 5.41) is 3.61. The number of rotatable bonds is 9. The van der Waals surface area contributed by atoms with Gasteiger partial charge in [0.05, 0.1) is 6.61 Å². The summed E-state index contributed by atoms with van der Waals surface area (Å²) in [7, 11) is 1.80. The van der Waals surface area contributed by atoms with E-state index in [2.05, 4.69) is 31.0 Å². The molecule has 2 unspecified atom stereocenters. The Hall–Kier alpha value is -0.120. The Kier molecular flexibility index (Phi) is 6.32. The van der Waals surface area contributed by atoms with Crippen molar-refractivity contribution in [2.24, 2.45) is 0 Å². The normalized spacial score (nSPS) is 20.1. The van der Waals surface area contributed by atoms with E-state index in [0.717, 1.165) is 25.7 Å². The summed E-state index contributed by atoms with van der Waals surface area (Å²) in [6.45, 7) is 9.81. The molecule has 0 aliphatic heterocycles. The van der Waals surface area contributed by atoms with Crippen LogP contribution in [0.15, 0.2) is 0 Å². The van der Waals surface area contributed by atoms with Gasteiger partial charge >= 0.3 is 0 Å². The van der Waals surface area contributed by atoms with Crippen molar-refractivity contribution in [2.45, 2.75) is 58.2 Å². The van der Waals surface area contributed by atoms with Gasteiger partial charge in [-0.05, 0) is 32.7 Å². The molecule has 1 rings (SSSR count). The van der Waals surface area contributed by atoms with Crippen LogP contribution >= 0.6 is 0 Å². The van der Waals surface area contributed by atoms with Gasteiger partial charge in [0.15, 0.2) is 0 Å². The Morgan fingerprint density at radius 1 is 1.38 bits per heavy atom.